The molecule has 2 aromatic carbocycles. The third kappa shape index (κ3) is 3.31. The zero-order valence-corrected chi connectivity index (χ0v) is 11.5. The number of carboxylic acid groups (broad SMARTS) is 1. The number of carboxylic acids is 1. The van der Waals surface area contributed by atoms with Crippen LogP contribution in [0.2, 0.25) is 0 Å². The van der Waals surface area contributed by atoms with Crippen LogP contribution in [-0.2, 0) is 6.54 Å². The first-order valence-electron chi connectivity index (χ1n) is 6.29. The average molecular weight is 282 g/mol. The lowest BCUT2D eigenvalue weighted by atomic mass is 10.1. The quantitative estimate of drug-likeness (QED) is 0.881. The lowest BCUT2D eigenvalue weighted by molar-refractivity contribution is 0.0697. The number of anilines is 1. The summed E-state index contributed by atoms with van der Waals surface area (Å²) in [7, 11) is 1.52. The molecular weight excluding hydrogens is 268 g/mol. The highest BCUT2D eigenvalue weighted by Crippen LogP contribution is 2.26. The number of nitriles is 1. The summed E-state index contributed by atoms with van der Waals surface area (Å²) in [5.74, 6) is -0.451. The maximum atomic E-state index is 11.0. The summed E-state index contributed by atoms with van der Waals surface area (Å²) in [6, 6.07) is 13.9. The molecule has 0 saturated heterocycles. The van der Waals surface area contributed by atoms with Crippen LogP contribution in [0.3, 0.4) is 0 Å². The van der Waals surface area contributed by atoms with Crippen LogP contribution < -0.4 is 10.1 Å². The van der Waals surface area contributed by atoms with Crippen molar-refractivity contribution >= 4 is 11.7 Å². The largest absolute Gasteiger partial charge is 0.495 e. The van der Waals surface area contributed by atoms with E-state index in [1.54, 1.807) is 18.2 Å². The number of benzene rings is 2. The normalized spacial score (nSPS) is 9.71. The summed E-state index contributed by atoms with van der Waals surface area (Å²) >= 11 is 0. The Morgan fingerprint density at radius 1 is 1.33 bits per heavy atom. The number of rotatable bonds is 5. The molecule has 0 spiro atoms. The summed E-state index contributed by atoms with van der Waals surface area (Å²) < 4.78 is 5.20. The minimum absolute atomic E-state index is 0.173. The monoisotopic (exact) mass is 282 g/mol. The van der Waals surface area contributed by atoms with Gasteiger partial charge in [0.25, 0.3) is 0 Å². The van der Waals surface area contributed by atoms with Gasteiger partial charge in [0.15, 0.2) is 0 Å². The number of aromatic carboxylic acids is 1. The van der Waals surface area contributed by atoms with Gasteiger partial charge in [-0.2, -0.15) is 5.26 Å². The second kappa shape index (κ2) is 6.44. The first kappa shape index (κ1) is 14.4. The molecule has 21 heavy (non-hydrogen) atoms. The third-order valence-corrected chi connectivity index (χ3v) is 3.05. The topological polar surface area (TPSA) is 82.3 Å². The summed E-state index contributed by atoms with van der Waals surface area (Å²) in [4.78, 5) is 11.0. The molecule has 0 saturated carbocycles. The van der Waals surface area contributed by atoms with Crippen molar-refractivity contribution in [3.05, 3.63) is 59.2 Å². The van der Waals surface area contributed by atoms with Crippen LogP contribution in [0.1, 0.15) is 21.5 Å². The molecule has 0 unspecified atom stereocenters. The molecule has 0 aromatic heterocycles. The van der Waals surface area contributed by atoms with E-state index in [1.165, 1.54) is 19.2 Å². The number of hydrogen-bond donors (Lipinski definition) is 2. The molecule has 0 aliphatic heterocycles. The van der Waals surface area contributed by atoms with Crippen LogP contribution in [0, 0.1) is 11.3 Å². The molecule has 2 aromatic rings. The van der Waals surface area contributed by atoms with Crippen LogP contribution in [-0.4, -0.2) is 18.2 Å². The summed E-state index contributed by atoms with van der Waals surface area (Å²) in [6.07, 6.45) is 0. The van der Waals surface area contributed by atoms with Gasteiger partial charge in [-0.25, -0.2) is 4.79 Å². The SMILES string of the molecule is COc1ccc(C(=O)O)cc1NCc1ccccc1C#N. The smallest absolute Gasteiger partial charge is 0.335 e. The van der Waals surface area contributed by atoms with Crippen LogP contribution in [0.25, 0.3) is 0 Å². The van der Waals surface area contributed by atoms with Crippen molar-refractivity contribution in [3.63, 3.8) is 0 Å². The lowest BCUT2D eigenvalue weighted by Crippen LogP contribution is -2.05. The molecule has 0 aliphatic rings. The van der Waals surface area contributed by atoms with E-state index in [0.29, 0.717) is 23.5 Å². The van der Waals surface area contributed by atoms with Gasteiger partial charge in [-0.1, -0.05) is 18.2 Å². The van der Waals surface area contributed by atoms with Gasteiger partial charge in [-0.05, 0) is 29.8 Å². The van der Waals surface area contributed by atoms with E-state index in [2.05, 4.69) is 11.4 Å². The van der Waals surface area contributed by atoms with E-state index >= 15 is 0 Å². The van der Waals surface area contributed by atoms with Crippen LogP contribution in [0.15, 0.2) is 42.5 Å². The fourth-order valence-electron chi connectivity index (χ4n) is 1.95. The fraction of sp³-hybridized carbons (Fsp3) is 0.125. The molecule has 0 fully saturated rings. The predicted molar refractivity (Wildman–Crippen MR) is 78.4 cm³/mol. The Bertz CT molecular complexity index is 705. The van der Waals surface area contributed by atoms with E-state index < -0.39 is 5.97 Å². The van der Waals surface area contributed by atoms with Gasteiger partial charge in [-0.3, -0.25) is 0 Å². The van der Waals surface area contributed by atoms with Gasteiger partial charge >= 0.3 is 5.97 Å². The molecule has 0 heterocycles. The maximum absolute atomic E-state index is 11.0. The minimum atomic E-state index is -1.00. The highest BCUT2D eigenvalue weighted by atomic mass is 16.5. The minimum Gasteiger partial charge on any atom is -0.495 e. The molecule has 0 radical (unpaired) electrons. The molecule has 2 N–H and O–H groups in total. The van der Waals surface area contributed by atoms with Crippen molar-refractivity contribution in [2.24, 2.45) is 0 Å². The number of hydrogen-bond acceptors (Lipinski definition) is 4. The third-order valence-electron chi connectivity index (χ3n) is 3.05. The Balaban J connectivity index is 2.25. The van der Waals surface area contributed by atoms with E-state index in [0.717, 1.165) is 5.56 Å². The number of nitrogens with one attached hydrogen (secondary N) is 1. The fourth-order valence-corrected chi connectivity index (χ4v) is 1.95. The van der Waals surface area contributed by atoms with Gasteiger partial charge in [0.05, 0.1) is 30.0 Å². The lowest BCUT2D eigenvalue weighted by Gasteiger charge is -2.12. The maximum Gasteiger partial charge on any atom is 0.335 e. The second-order valence-electron chi connectivity index (χ2n) is 4.34. The molecule has 0 atom stereocenters. The summed E-state index contributed by atoms with van der Waals surface area (Å²) in [5.41, 5.74) is 2.16. The van der Waals surface area contributed by atoms with Crippen LogP contribution in [0.4, 0.5) is 5.69 Å². The van der Waals surface area contributed by atoms with Gasteiger partial charge in [0, 0.05) is 6.54 Å². The van der Waals surface area contributed by atoms with Crippen molar-refractivity contribution in [1.82, 2.24) is 0 Å². The molecule has 2 rings (SSSR count). The van der Waals surface area contributed by atoms with E-state index in [-0.39, 0.29) is 5.56 Å². The average Bonchev–Trinajstić information content (AvgIpc) is 2.52. The molecular formula is C16H14N2O3. The highest BCUT2D eigenvalue weighted by molar-refractivity contribution is 5.89. The van der Waals surface area contributed by atoms with Crippen molar-refractivity contribution in [2.45, 2.75) is 6.54 Å². The van der Waals surface area contributed by atoms with Gasteiger partial charge in [-0.15, -0.1) is 0 Å². The zero-order chi connectivity index (χ0) is 15.2. The molecule has 0 aliphatic carbocycles. The first-order valence-corrected chi connectivity index (χ1v) is 6.29. The van der Waals surface area contributed by atoms with Crippen molar-refractivity contribution < 1.29 is 14.6 Å². The van der Waals surface area contributed by atoms with Crippen LogP contribution >= 0.6 is 0 Å². The number of ether oxygens (including phenoxy) is 1. The Hall–Kier alpha value is -3.00. The molecule has 0 amide bonds. The Labute approximate surface area is 122 Å². The molecule has 5 heteroatoms. The van der Waals surface area contributed by atoms with E-state index in [9.17, 15) is 4.79 Å². The zero-order valence-electron chi connectivity index (χ0n) is 11.5. The Morgan fingerprint density at radius 2 is 2.10 bits per heavy atom. The van der Waals surface area contributed by atoms with Gasteiger partial charge < -0.3 is 15.2 Å². The summed E-state index contributed by atoms with van der Waals surface area (Å²) in [6.45, 7) is 0.406. The molecule has 0 bridgehead atoms. The van der Waals surface area contributed by atoms with E-state index in [1.807, 2.05) is 12.1 Å². The van der Waals surface area contributed by atoms with E-state index in [4.69, 9.17) is 15.1 Å². The van der Waals surface area contributed by atoms with Crippen molar-refractivity contribution in [3.8, 4) is 11.8 Å². The van der Waals surface area contributed by atoms with Crippen molar-refractivity contribution in [1.29, 1.82) is 5.26 Å². The highest BCUT2D eigenvalue weighted by Gasteiger charge is 2.09. The number of carbonyl (C=O) groups is 1. The standard InChI is InChI=1S/C16H14N2O3/c1-21-15-7-6-11(16(19)20)8-14(15)18-10-13-5-3-2-4-12(13)9-17/h2-8,18H,10H2,1H3,(H,19,20). The first-order chi connectivity index (χ1) is 10.2. The second-order valence-corrected chi connectivity index (χ2v) is 4.34. The molecule has 5 nitrogen and oxygen atoms in total. The Morgan fingerprint density at radius 3 is 2.76 bits per heavy atom. The summed E-state index contributed by atoms with van der Waals surface area (Å²) in [5, 5.41) is 21.2. The molecule has 106 valence electrons. The van der Waals surface area contributed by atoms with Crippen molar-refractivity contribution in [2.75, 3.05) is 12.4 Å². The van der Waals surface area contributed by atoms with Gasteiger partial charge in [0.1, 0.15) is 5.75 Å². The van der Waals surface area contributed by atoms with Crippen LogP contribution in [0.5, 0.6) is 5.75 Å². The predicted octanol–water partition coefficient (Wildman–Crippen LogP) is 2.88. The van der Waals surface area contributed by atoms with Gasteiger partial charge in [0.2, 0.25) is 0 Å². The number of nitrogens with zero attached hydrogens (tertiary/aromatic N) is 1. The Kier molecular flexibility index (Phi) is 4.42. The number of methoxy groups -OCH3 is 1.